The summed E-state index contributed by atoms with van der Waals surface area (Å²) in [5.41, 5.74) is 2.23. The number of likely N-dealkylation sites (tertiary alicyclic amines) is 1. The molecule has 1 saturated heterocycles. The van der Waals surface area contributed by atoms with Crippen molar-refractivity contribution in [2.75, 3.05) is 13.1 Å². The number of hydrogen-bond donors (Lipinski definition) is 1. The fourth-order valence-electron chi connectivity index (χ4n) is 4.04. The smallest absolute Gasteiger partial charge is 0.250 e. The molecule has 1 amide bonds. The average Bonchev–Trinajstić information content (AvgIpc) is 2.62. The van der Waals surface area contributed by atoms with Crippen LogP contribution < -0.4 is 10.9 Å². The van der Waals surface area contributed by atoms with Crippen LogP contribution in [0.1, 0.15) is 31.4 Å². The van der Waals surface area contributed by atoms with Gasteiger partial charge in [-0.05, 0) is 35.4 Å². The summed E-state index contributed by atoms with van der Waals surface area (Å²) in [7, 11) is 0. The van der Waals surface area contributed by atoms with Gasteiger partial charge in [-0.1, -0.05) is 44.2 Å². The number of carbonyl (C=O) groups excluding carboxylic acids is 1. The van der Waals surface area contributed by atoms with E-state index < -0.39 is 0 Å². The highest BCUT2D eigenvalue weighted by molar-refractivity contribution is 5.75. The maximum atomic E-state index is 12.2. The molecule has 144 valence electrons. The molecule has 0 spiro atoms. The lowest BCUT2D eigenvalue weighted by molar-refractivity contribution is -0.121. The molecule has 5 nitrogen and oxygen atoms in total. The van der Waals surface area contributed by atoms with E-state index in [0.717, 1.165) is 37.0 Å². The molecule has 1 fully saturated rings. The molecule has 2 atom stereocenters. The number of carbonyl (C=O) groups is 1. The van der Waals surface area contributed by atoms with E-state index in [1.807, 2.05) is 6.07 Å². The number of nitrogens with zero attached hydrogens (tertiary/aromatic N) is 2. The highest BCUT2D eigenvalue weighted by Gasteiger charge is 2.22. The van der Waals surface area contributed by atoms with Crippen LogP contribution >= 0.6 is 0 Å². The molecule has 1 aliphatic heterocycles. The van der Waals surface area contributed by atoms with Crippen molar-refractivity contribution in [3.05, 3.63) is 70.1 Å². The van der Waals surface area contributed by atoms with Gasteiger partial charge in [0.25, 0.3) is 5.56 Å². The van der Waals surface area contributed by atoms with Crippen molar-refractivity contribution in [3.8, 4) is 0 Å². The summed E-state index contributed by atoms with van der Waals surface area (Å²) in [6.07, 6.45) is 2.93. The molecule has 1 aromatic carbocycles. The standard InChI is InChI=1S/C22H29N3O2/c1-17-11-18(2)14-24(13-17)15-20-8-4-3-7-19(20)12-23-21(26)16-25-10-6-5-9-22(25)27/h3-10,17-18H,11-16H2,1-2H3,(H,23,26)/t17-,18-/m0/s1. The van der Waals surface area contributed by atoms with Gasteiger partial charge < -0.3 is 9.88 Å². The molecule has 5 heteroatoms. The van der Waals surface area contributed by atoms with Crippen LogP contribution in [0, 0.1) is 11.8 Å². The summed E-state index contributed by atoms with van der Waals surface area (Å²) in [6.45, 7) is 8.34. The molecule has 27 heavy (non-hydrogen) atoms. The predicted octanol–water partition coefficient (Wildman–Crippen LogP) is 2.64. The maximum Gasteiger partial charge on any atom is 0.250 e. The molecule has 2 aromatic rings. The third-order valence-electron chi connectivity index (χ3n) is 5.15. The third kappa shape index (κ3) is 5.54. The Morgan fingerprint density at radius 1 is 1.04 bits per heavy atom. The number of benzene rings is 1. The van der Waals surface area contributed by atoms with E-state index in [-0.39, 0.29) is 18.0 Å². The van der Waals surface area contributed by atoms with E-state index in [0.29, 0.717) is 6.54 Å². The molecular formula is C22H29N3O2. The Labute approximate surface area is 161 Å². The number of pyridine rings is 1. The van der Waals surface area contributed by atoms with Crippen molar-refractivity contribution in [3.63, 3.8) is 0 Å². The highest BCUT2D eigenvalue weighted by Crippen LogP contribution is 2.23. The fourth-order valence-corrected chi connectivity index (χ4v) is 4.04. The lowest BCUT2D eigenvalue weighted by Gasteiger charge is -2.35. The van der Waals surface area contributed by atoms with Gasteiger partial charge in [0.1, 0.15) is 6.54 Å². The van der Waals surface area contributed by atoms with Crippen molar-refractivity contribution in [1.29, 1.82) is 0 Å². The monoisotopic (exact) mass is 367 g/mol. The lowest BCUT2D eigenvalue weighted by Crippen LogP contribution is -2.38. The molecule has 0 bridgehead atoms. The number of rotatable bonds is 6. The molecular weight excluding hydrogens is 338 g/mol. The van der Waals surface area contributed by atoms with Gasteiger partial charge in [0.15, 0.2) is 0 Å². The van der Waals surface area contributed by atoms with E-state index in [9.17, 15) is 9.59 Å². The van der Waals surface area contributed by atoms with Gasteiger partial charge in [-0.3, -0.25) is 14.5 Å². The SMILES string of the molecule is C[C@H]1C[C@H](C)CN(Cc2ccccc2CNC(=O)Cn2ccccc2=O)C1. The van der Waals surface area contributed by atoms with Crippen LogP contribution in [-0.4, -0.2) is 28.5 Å². The summed E-state index contributed by atoms with van der Waals surface area (Å²) in [5, 5.41) is 2.95. The van der Waals surface area contributed by atoms with E-state index in [1.54, 1.807) is 18.3 Å². The van der Waals surface area contributed by atoms with Crippen LogP contribution in [0.5, 0.6) is 0 Å². The maximum absolute atomic E-state index is 12.2. The van der Waals surface area contributed by atoms with Crippen LogP contribution in [0.15, 0.2) is 53.5 Å². The van der Waals surface area contributed by atoms with Gasteiger partial charge in [0, 0.05) is 38.4 Å². The molecule has 0 aliphatic carbocycles. The quantitative estimate of drug-likeness (QED) is 0.854. The lowest BCUT2D eigenvalue weighted by atomic mass is 9.91. The van der Waals surface area contributed by atoms with Crippen LogP contribution in [0.2, 0.25) is 0 Å². The van der Waals surface area contributed by atoms with Gasteiger partial charge in [-0.15, -0.1) is 0 Å². The van der Waals surface area contributed by atoms with Crippen LogP contribution in [0.3, 0.4) is 0 Å². The van der Waals surface area contributed by atoms with Gasteiger partial charge >= 0.3 is 0 Å². The van der Waals surface area contributed by atoms with E-state index in [1.165, 1.54) is 22.6 Å². The van der Waals surface area contributed by atoms with Crippen molar-refractivity contribution in [2.24, 2.45) is 11.8 Å². The molecule has 2 heterocycles. The Bertz CT molecular complexity index is 820. The summed E-state index contributed by atoms with van der Waals surface area (Å²) in [4.78, 5) is 26.5. The van der Waals surface area contributed by atoms with Crippen LogP contribution in [-0.2, 0) is 24.4 Å². The van der Waals surface area contributed by atoms with E-state index in [2.05, 4.69) is 42.3 Å². The second-order valence-corrected chi connectivity index (χ2v) is 7.85. The van der Waals surface area contributed by atoms with E-state index >= 15 is 0 Å². The molecule has 1 N–H and O–H groups in total. The first-order valence-corrected chi connectivity index (χ1v) is 9.72. The number of hydrogen-bond acceptors (Lipinski definition) is 3. The minimum absolute atomic E-state index is 0.0446. The zero-order chi connectivity index (χ0) is 19.2. The Hall–Kier alpha value is -2.40. The number of piperidine rings is 1. The molecule has 0 unspecified atom stereocenters. The van der Waals surface area contributed by atoms with Gasteiger partial charge in [0.2, 0.25) is 5.91 Å². The number of nitrogens with one attached hydrogen (secondary N) is 1. The van der Waals surface area contributed by atoms with Gasteiger partial charge in [-0.25, -0.2) is 0 Å². The summed E-state index contributed by atoms with van der Waals surface area (Å²) in [5.74, 6) is 1.30. The molecule has 0 radical (unpaired) electrons. The second-order valence-electron chi connectivity index (χ2n) is 7.85. The zero-order valence-corrected chi connectivity index (χ0v) is 16.2. The van der Waals surface area contributed by atoms with Gasteiger partial charge in [0.05, 0.1) is 0 Å². The average molecular weight is 367 g/mol. The summed E-state index contributed by atoms with van der Waals surface area (Å²) >= 11 is 0. The summed E-state index contributed by atoms with van der Waals surface area (Å²) in [6, 6.07) is 13.2. The Morgan fingerprint density at radius 3 is 2.41 bits per heavy atom. The predicted molar refractivity (Wildman–Crippen MR) is 107 cm³/mol. The largest absolute Gasteiger partial charge is 0.350 e. The molecule has 0 saturated carbocycles. The minimum atomic E-state index is -0.165. The Morgan fingerprint density at radius 2 is 1.70 bits per heavy atom. The third-order valence-corrected chi connectivity index (χ3v) is 5.15. The number of aromatic nitrogens is 1. The van der Waals surface area contributed by atoms with Crippen molar-refractivity contribution in [1.82, 2.24) is 14.8 Å². The Balaban J connectivity index is 1.60. The molecule has 3 rings (SSSR count). The van der Waals surface area contributed by atoms with Gasteiger partial charge in [-0.2, -0.15) is 0 Å². The highest BCUT2D eigenvalue weighted by atomic mass is 16.2. The number of amides is 1. The van der Waals surface area contributed by atoms with Crippen LogP contribution in [0.4, 0.5) is 0 Å². The van der Waals surface area contributed by atoms with Crippen molar-refractivity contribution in [2.45, 2.75) is 39.9 Å². The first-order chi connectivity index (χ1) is 13.0. The Kier molecular flexibility index (Phi) is 6.45. The normalized spacial score (nSPS) is 20.4. The first-order valence-electron chi connectivity index (χ1n) is 9.72. The van der Waals surface area contributed by atoms with E-state index in [4.69, 9.17) is 0 Å². The zero-order valence-electron chi connectivity index (χ0n) is 16.2. The summed E-state index contributed by atoms with van der Waals surface area (Å²) < 4.78 is 1.41. The second kappa shape index (κ2) is 9.00. The molecule has 1 aromatic heterocycles. The first kappa shape index (κ1) is 19.4. The van der Waals surface area contributed by atoms with Crippen molar-refractivity contribution >= 4 is 5.91 Å². The minimum Gasteiger partial charge on any atom is -0.350 e. The van der Waals surface area contributed by atoms with Crippen molar-refractivity contribution < 1.29 is 4.79 Å². The molecule has 1 aliphatic rings. The fraction of sp³-hybridized carbons (Fsp3) is 0.455. The van der Waals surface area contributed by atoms with Crippen LogP contribution in [0.25, 0.3) is 0 Å². The topological polar surface area (TPSA) is 54.3 Å².